The molecular weight excluding hydrogens is 354 g/mol. The second-order valence-electron chi connectivity index (χ2n) is 5.16. The zero-order valence-corrected chi connectivity index (χ0v) is 14.6. The third-order valence-corrected chi connectivity index (χ3v) is 4.43. The highest BCUT2D eigenvalue weighted by Gasteiger charge is 2.18. The number of carbonyl (C=O) groups is 3. The topological polar surface area (TPSA) is 97.4 Å². The average molecular weight is 369 g/mol. The van der Waals surface area contributed by atoms with Crippen LogP contribution in [-0.4, -0.2) is 29.5 Å². The van der Waals surface area contributed by atoms with E-state index in [9.17, 15) is 14.4 Å². The Bertz CT molecular complexity index is 950. The number of carbonyl (C=O) groups excluding carboxylic acids is 3. The molecule has 2 N–H and O–H groups in total. The fourth-order valence-corrected chi connectivity index (χ4v) is 3.12. The minimum atomic E-state index is -0.843. The number of ether oxygens (including phenoxy) is 1. The van der Waals surface area contributed by atoms with Crippen LogP contribution in [0.3, 0.4) is 0 Å². The molecule has 132 valence electrons. The molecule has 3 amide bonds. The predicted octanol–water partition coefficient (Wildman–Crippen LogP) is 3.43. The van der Waals surface area contributed by atoms with Crippen molar-refractivity contribution < 1.29 is 19.1 Å². The van der Waals surface area contributed by atoms with Crippen LogP contribution in [0.5, 0.6) is 0 Å². The third kappa shape index (κ3) is 3.86. The van der Waals surface area contributed by atoms with Crippen LogP contribution in [0.1, 0.15) is 27.1 Å². The summed E-state index contributed by atoms with van der Waals surface area (Å²) >= 11 is 1.26. The lowest BCUT2D eigenvalue weighted by atomic mass is 10.1. The van der Waals surface area contributed by atoms with E-state index in [0.717, 1.165) is 10.2 Å². The molecule has 0 aliphatic carbocycles. The zero-order valence-electron chi connectivity index (χ0n) is 13.8. The molecule has 0 radical (unpaired) electrons. The van der Waals surface area contributed by atoms with E-state index in [1.54, 1.807) is 25.1 Å². The summed E-state index contributed by atoms with van der Waals surface area (Å²) in [4.78, 5) is 40.4. The standard InChI is InChI=1S/C18H15N3O4S/c1-2-25-18(24)21-15(22)11-7-3-4-8-12(11)19-16(23)17-20-13-9-5-6-10-14(13)26-17/h3-10H,2H2,1H3,(H,19,23)(H,21,22,24). The number of anilines is 1. The Balaban J connectivity index is 1.80. The SMILES string of the molecule is CCOC(=O)NC(=O)c1ccccc1NC(=O)c1nc2ccccc2s1. The maximum Gasteiger partial charge on any atom is 0.414 e. The summed E-state index contributed by atoms with van der Waals surface area (Å²) in [6.07, 6.45) is -0.843. The summed E-state index contributed by atoms with van der Waals surface area (Å²) in [5.41, 5.74) is 1.16. The quantitative estimate of drug-likeness (QED) is 0.734. The summed E-state index contributed by atoms with van der Waals surface area (Å²) in [6, 6.07) is 13.8. The van der Waals surface area contributed by atoms with Crippen molar-refractivity contribution in [3.8, 4) is 0 Å². The summed E-state index contributed by atoms with van der Waals surface area (Å²) in [7, 11) is 0. The van der Waals surface area contributed by atoms with Crippen molar-refractivity contribution >= 4 is 45.1 Å². The first-order valence-electron chi connectivity index (χ1n) is 7.82. The van der Waals surface area contributed by atoms with Crippen molar-refractivity contribution in [3.05, 3.63) is 59.1 Å². The molecule has 26 heavy (non-hydrogen) atoms. The summed E-state index contributed by atoms with van der Waals surface area (Å²) < 4.78 is 5.59. The molecule has 7 nitrogen and oxygen atoms in total. The Kier molecular flexibility index (Phi) is 5.23. The molecule has 1 aromatic heterocycles. The van der Waals surface area contributed by atoms with Crippen molar-refractivity contribution in [1.82, 2.24) is 10.3 Å². The summed E-state index contributed by atoms with van der Waals surface area (Å²) in [5.74, 6) is -1.09. The fourth-order valence-electron chi connectivity index (χ4n) is 2.26. The van der Waals surface area contributed by atoms with E-state index < -0.39 is 17.9 Å². The molecule has 0 unspecified atom stereocenters. The lowest BCUT2D eigenvalue weighted by Crippen LogP contribution is -2.31. The maximum absolute atomic E-state index is 12.5. The van der Waals surface area contributed by atoms with Crippen LogP contribution in [-0.2, 0) is 4.74 Å². The van der Waals surface area contributed by atoms with Gasteiger partial charge in [-0.2, -0.15) is 0 Å². The Hall–Kier alpha value is -3.26. The van der Waals surface area contributed by atoms with Gasteiger partial charge in [-0.3, -0.25) is 14.9 Å². The minimum absolute atomic E-state index is 0.148. The van der Waals surface area contributed by atoms with Crippen LogP contribution in [0, 0.1) is 0 Å². The first-order chi connectivity index (χ1) is 12.6. The average Bonchev–Trinajstić information content (AvgIpc) is 3.06. The van der Waals surface area contributed by atoms with Crippen molar-refractivity contribution in [2.45, 2.75) is 6.92 Å². The molecule has 0 bridgehead atoms. The van der Waals surface area contributed by atoms with Gasteiger partial charge < -0.3 is 10.1 Å². The van der Waals surface area contributed by atoms with E-state index in [1.807, 2.05) is 24.3 Å². The first-order valence-corrected chi connectivity index (χ1v) is 8.64. The number of benzene rings is 2. The number of hydrogen-bond acceptors (Lipinski definition) is 6. The fraction of sp³-hybridized carbons (Fsp3) is 0.111. The molecule has 3 rings (SSSR count). The smallest absolute Gasteiger partial charge is 0.414 e. The van der Waals surface area contributed by atoms with Gasteiger partial charge in [0.05, 0.1) is 28.1 Å². The molecular formula is C18H15N3O4S. The third-order valence-electron chi connectivity index (χ3n) is 3.40. The van der Waals surface area contributed by atoms with Gasteiger partial charge in [0.1, 0.15) is 0 Å². The number of fused-ring (bicyclic) bond motifs is 1. The van der Waals surface area contributed by atoms with Gasteiger partial charge in [0.25, 0.3) is 11.8 Å². The summed E-state index contributed by atoms with van der Waals surface area (Å²) in [5, 5.41) is 5.06. The second-order valence-corrected chi connectivity index (χ2v) is 6.19. The molecule has 0 aliphatic heterocycles. The normalized spacial score (nSPS) is 10.3. The molecule has 0 atom stereocenters. The van der Waals surface area contributed by atoms with Gasteiger partial charge in [-0.25, -0.2) is 9.78 Å². The largest absolute Gasteiger partial charge is 0.450 e. The van der Waals surface area contributed by atoms with Gasteiger partial charge >= 0.3 is 6.09 Å². The second kappa shape index (κ2) is 7.75. The number of hydrogen-bond donors (Lipinski definition) is 2. The van der Waals surface area contributed by atoms with E-state index in [1.165, 1.54) is 17.4 Å². The monoisotopic (exact) mass is 369 g/mol. The number of alkyl carbamates (subject to hydrolysis) is 1. The molecule has 0 spiro atoms. The van der Waals surface area contributed by atoms with Gasteiger partial charge in [-0.15, -0.1) is 11.3 Å². The van der Waals surface area contributed by atoms with E-state index in [4.69, 9.17) is 4.74 Å². The number of nitrogens with one attached hydrogen (secondary N) is 2. The number of thiazole rings is 1. The van der Waals surface area contributed by atoms with Crippen LogP contribution in [0.25, 0.3) is 10.2 Å². The molecule has 8 heteroatoms. The van der Waals surface area contributed by atoms with Gasteiger partial charge in [-0.05, 0) is 31.2 Å². The van der Waals surface area contributed by atoms with E-state index >= 15 is 0 Å². The zero-order chi connectivity index (χ0) is 18.5. The molecule has 0 aliphatic rings. The Morgan fingerprint density at radius 1 is 1.04 bits per heavy atom. The highest BCUT2D eigenvalue weighted by atomic mass is 32.1. The maximum atomic E-state index is 12.5. The highest BCUT2D eigenvalue weighted by molar-refractivity contribution is 7.20. The molecule has 3 aromatic rings. The first kappa shape index (κ1) is 17.6. The predicted molar refractivity (Wildman–Crippen MR) is 98.5 cm³/mol. The number of rotatable bonds is 4. The van der Waals surface area contributed by atoms with Crippen LogP contribution in [0.2, 0.25) is 0 Å². The van der Waals surface area contributed by atoms with Crippen molar-refractivity contribution in [2.75, 3.05) is 11.9 Å². The lowest BCUT2D eigenvalue weighted by molar-refractivity contribution is 0.0925. The van der Waals surface area contributed by atoms with Gasteiger partial charge in [0.15, 0.2) is 5.01 Å². The number of amides is 3. The van der Waals surface area contributed by atoms with Crippen LogP contribution in [0.4, 0.5) is 10.5 Å². The molecule has 1 heterocycles. The molecule has 2 aromatic carbocycles. The Labute approximate surface area is 153 Å². The molecule has 0 saturated carbocycles. The Morgan fingerprint density at radius 3 is 2.54 bits per heavy atom. The van der Waals surface area contributed by atoms with Gasteiger partial charge in [0, 0.05) is 0 Å². The minimum Gasteiger partial charge on any atom is -0.450 e. The number of aromatic nitrogens is 1. The Morgan fingerprint density at radius 2 is 1.77 bits per heavy atom. The van der Waals surface area contributed by atoms with Crippen molar-refractivity contribution in [2.24, 2.45) is 0 Å². The van der Waals surface area contributed by atoms with Gasteiger partial charge in [-0.1, -0.05) is 24.3 Å². The molecule has 0 fully saturated rings. The summed E-state index contributed by atoms with van der Waals surface area (Å²) in [6.45, 7) is 1.78. The lowest BCUT2D eigenvalue weighted by Gasteiger charge is -2.10. The molecule has 0 saturated heterocycles. The van der Waals surface area contributed by atoms with Gasteiger partial charge in [0.2, 0.25) is 0 Å². The van der Waals surface area contributed by atoms with Crippen molar-refractivity contribution in [1.29, 1.82) is 0 Å². The number of nitrogens with zero attached hydrogens (tertiary/aromatic N) is 1. The highest BCUT2D eigenvalue weighted by Crippen LogP contribution is 2.23. The van der Waals surface area contributed by atoms with E-state index in [2.05, 4.69) is 15.6 Å². The van der Waals surface area contributed by atoms with Crippen molar-refractivity contribution in [3.63, 3.8) is 0 Å². The van der Waals surface area contributed by atoms with E-state index in [0.29, 0.717) is 0 Å². The van der Waals surface area contributed by atoms with Crippen LogP contribution < -0.4 is 10.6 Å². The number of para-hydroxylation sites is 2. The van der Waals surface area contributed by atoms with Crippen LogP contribution >= 0.6 is 11.3 Å². The van der Waals surface area contributed by atoms with Crippen LogP contribution in [0.15, 0.2) is 48.5 Å². The van der Waals surface area contributed by atoms with E-state index in [-0.39, 0.29) is 22.9 Å². The number of imide groups is 1.